The van der Waals surface area contributed by atoms with E-state index in [1.54, 1.807) is 0 Å². The molecule has 1 aromatic heterocycles. The minimum Gasteiger partial charge on any atom is -0.469 e. The molecule has 2 bridgehead atoms. The van der Waals surface area contributed by atoms with Gasteiger partial charge in [0, 0.05) is 6.42 Å². The first-order valence-electron chi connectivity index (χ1n) is 9.05. The average Bonchev–Trinajstić information content (AvgIpc) is 3.09. The molecule has 4 aliphatic carbocycles. The number of aryl methyl sites for hydroxylation is 1. The highest BCUT2D eigenvalue weighted by molar-refractivity contribution is 5.34. The van der Waals surface area contributed by atoms with E-state index >= 15 is 0 Å². The summed E-state index contributed by atoms with van der Waals surface area (Å²) in [6, 6.07) is 2.24. The van der Waals surface area contributed by atoms with Crippen molar-refractivity contribution in [2.45, 2.75) is 57.8 Å². The molecule has 1 aromatic rings. The summed E-state index contributed by atoms with van der Waals surface area (Å²) in [7, 11) is 0. The largest absolute Gasteiger partial charge is 0.469 e. The van der Waals surface area contributed by atoms with Crippen LogP contribution in [0.2, 0.25) is 0 Å². The summed E-state index contributed by atoms with van der Waals surface area (Å²) in [6.07, 6.45) is 13.4. The van der Waals surface area contributed by atoms with Crippen LogP contribution in [0.25, 0.3) is 0 Å². The number of furan rings is 1. The number of hydrogen-bond acceptors (Lipinski definition) is 2. The Bertz CT molecular complexity index is 642. The second kappa shape index (κ2) is 4.29. The summed E-state index contributed by atoms with van der Waals surface area (Å²) in [5.41, 5.74) is 3.68. The molecular formula is C20H26O2. The molecule has 1 spiro atoms. The molecule has 22 heavy (non-hydrogen) atoms. The van der Waals surface area contributed by atoms with E-state index in [9.17, 15) is 5.11 Å². The highest BCUT2D eigenvalue weighted by Crippen LogP contribution is 2.69. The lowest BCUT2D eigenvalue weighted by Crippen LogP contribution is -2.50. The van der Waals surface area contributed by atoms with Crippen LogP contribution in [0.5, 0.6) is 0 Å². The first-order valence-corrected chi connectivity index (χ1v) is 9.05. The first-order chi connectivity index (χ1) is 10.7. The van der Waals surface area contributed by atoms with E-state index in [4.69, 9.17) is 4.42 Å². The van der Waals surface area contributed by atoms with Crippen LogP contribution >= 0.6 is 0 Å². The number of fused-ring (bicyclic) bond motifs is 5. The normalized spacial score (nSPS) is 45.7. The highest BCUT2D eigenvalue weighted by Gasteiger charge is 2.60. The van der Waals surface area contributed by atoms with E-state index in [1.165, 1.54) is 55.4 Å². The quantitative estimate of drug-likeness (QED) is 0.777. The smallest absolute Gasteiger partial charge is 0.107 e. The van der Waals surface area contributed by atoms with Crippen LogP contribution in [-0.2, 0) is 6.42 Å². The van der Waals surface area contributed by atoms with E-state index in [2.05, 4.69) is 19.1 Å². The highest BCUT2D eigenvalue weighted by atomic mass is 16.3. The summed E-state index contributed by atoms with van der Waals surface area (Å²) < 4.78 is 5.74. The summed E-state index contributed by atoms with van der Waals surface area (Å²) in [4.78, 5) is 0. The molecule has 4 aliphatic rings. The Labute approximate surface area is 132 Å². The third kappa shape index (κ3) is 1.50. The van der Waals surface area contributed by atoms with Crippen molar-refractivity contribution in [3.05, 3.63) is 35.3 Å². The van der Waals surface area contributed by atoms with E-state index in [-0.39, 0.29) is 6.61 Å². The predicted octanol–water partition coefficient (Wildman–Crippen LogP) is 4.44. The Kier molecular flexibility index (Phi) is 2.61. The topological polar surface area (TPSA) is 33.4 Å². The van der Waals surface area contributed by atoms with Gasteiger partial charge in [-0.1, -0.05) is 13.0 Å². The Morgan fingerprint density at radius 2 is 2.18 bits per heavy atom. The molecule has 2 saturated carbocycles. The molecule has 1 N–H and O–H groups in total. The second-order valence-corrected chi connectivity index (χ2v) is 8.54. The molecule has 2 nitrogen and oxygen atoms in total. The summed E-state index contributed by atoms with van der Waals surface area (Å²) >= 11 is 0. The maximum atomic E-state index is 9.72. The second-order valence-electron chi connectivity index (χ2n) is 8.54. The average molecular weight is 298 g/mol. The maximum absolute atomic E-state index is 9.72. The molecule has 0 saturated heterocycles. The molecule has 5 unspecified atom stereocenters. The van der Waals surface area contributed by atoms with Crippen LogP contribution < -0.4 is 0 Å². The number of aliphatic hydroxyl groups is 1. The standard InChI is InChI=1S/C20H26O2/c1-19-7-5-17-15(6-9-22-17)16(19)4-8-20-10-13(2-3-18(19)20)14(11-20)12-21/h6,9,11,13,16,18,21H,2-5,7-8,10,12H2,1H3. The van der Waals surface area contributed by atoms with Crippen LogP contribution in [0.1, 0.15) is 62.7 Å². The van der Waals surface area contributed by atoms with Gasteiger partial charge in [0.1, 0.15) is 5.76 Å². The lowest BCUT2D eigenvalue weighted by molar-refractivity contribution is -0.0521. The lowest BCUT2D eigenvalue weighted by Gasteiger charge is -2.59. The SMILES string of the molecule is CC12CCc3occc3C1CCC13C=C(CO)C(CCC12)C3. The van der Waals surface area contributed by atoms with Crippen molar-refractivity contribution in [1.82, 2.24) is 0 Å². The van der Waals surface area contributed by atoms with Gasteiger partial charge in [0.25, 0.3) is 0 Å². The van der Waals surface area contributed by atoms with Crippen LogP contribution in [0.15, 0.2) is 28.4 Å². The van der Waals surface area contributed by atoms with Gasteiger partial charge >= 0.3 is 0 Å². The van der Waals surface area contributed by atoms with E-state index in [0.717, 1.165) is 12.3 Å². The lowest BCUT2D eigenvalue weighted by atomic mass is 9.45. The van der Waals surface area contributed by atoms with Gasteiger partial charge in [-0.25, -0.2) is 0 Å². The van der Waals surface area contributed by atoms with Crippen molar-refractivity contribution in [3.63, 3.8) is 0 Å². The Morgan fingerprint density at radius 1 is 1.27 bits per heavy atom. The minimum atomic E-state index is 0.283. The van der Waals surface area contributed by atoms with Gasteiger partial charge in [-0.05, 0) is 84.3 Å². The Balaban J connectivity index is 1.59. The van der Waals surface area contributed by atoms with Crippen molar-refractivity contribution < 1.29 is 9.52 Å². The van der Waals surface area contributed by atoms with Gasteiger partial charge < -0.3 is 9.52 Å². The Morgan fingerprint density at radius 3 is 3.05 bits per heavy atom. The van der Waals surface area contributed by atoms with Crippen LogP contribution in [-0.4, -0.2) is 11.7 Å². The fourth-order valence-electron chi connectivity index (χ4n) is 6.92. The van der Waals surface area contributed by atoms with Crippen LogP contribution in [0.4, 0.5) is 0 Å². The molecule has 5 rings (SSSR count). The first kappa shape index (κ1) is 13.4. The molecule has 118 valence electrons. The van der Waals surface area contributed by atoms with E-state index < -0.39 is 0 Å². The summed E-state index contributed by atoms with van der Waals surface area (Å²) in [5, 5.41) is 9.72. The molecule has 2 fully saturated rings. The number of rotatable bonds is 1. The predicted molar refractivity (Wildman–Crippen MR) is 85.5 cm³/mol. The summed E-state index contributed by atoms with van der Waals surface area (Å²) in [5.74, 6) is 3.41. The Hall–Kier alpha value is -1.02. The zero-order chi connectivity index (χ0) is 14.9. The zero-order valence-corrected chi connectivity index (χ0v) is 13.5. The minimum absolute atomic E-state index is 0.283. The van der Waals surface area contributed by atoms with Gasteiger partial charge in [-0.15, -0.1) is 0 Å². The maximum Gasteiger partial charge on any atom is 0.107 e. The van der Waals surface area contributed by atoms with Crippen LogP contribution in [0.3, 0.4) is 0 Å². The fraction of sp³-hybridized carbons (Fsp3) is 0.700. The molecule has 0 aromatic carbocycles. The zero-order valence-electron chi connectivity index (χ0n) is 13.5. The number of hydrogen-bond donors (Lipinski definition) is 1. The number of allylic oxidation sites excluding steroid dienone is 1. The van der Waals surface area contributed by atoms with Crippen molar-refractivity contribution in [2.75, 3.05) is 6.61 Å². The van der Waals surface area contributed by atoms with Crippen molar-refractivity contribution in [1.29, 1.82) is 0 Å². The van der Waals surface area contributed by atoms with Crippen LogP contribution in [0, 0.1) is 22.7 Å². The van der Waals surface area contributed by atoms with Crippen molar-refractivity contribution in [3.8, 4) is 0 Å². The molecular weight excluding hydrogens is 272 g/mol. The third-order valence-corrected chi connectivity index (χ3v) is 7.84. The molecule has 2 heteroatoms. The summed E-state index contributed by atoms with van der Waals surface area (Å²) in [6.45, 7) is 2.84. The molecule has 0 radical (unpaired) electrons. The third-order valence-electron chi connectivity index (χ3n) is 7.84. The van der Waals surface area contributed by atoms with Crippen molar-refractivity contribution >= 4 is 0 Å². The molecule has 5 atom stereocenters. The van der Waals surface area contributed by atoms with Gasteiger partial charge in [0.05, 0.1) is 12.9 Å². The number of aliphatic hydroxyl groups excluding tert-OH is 1. The molecule has 1 heterocycles. The van der Waals surface area contributed by atoms with Gasteiger partial charge in [-0.3, -0.25) is 0 Å². The fourth-order valence-corrected chi connectivity index (χ4v) is 6.92. The molecule has 0 amide bonds. The van der Waals surface area contributed by atoms with Gasteiger partial charge in [0.2, 0.25) is 0 Å². The van der Waals surface area contributed by atoms with Gasteiger partial charge in [0.15, 0.2) is 0 Å². The van der Waals surface area contributed by atoms with Gasteiger partial charge in [-0.2, -0.15) is 0 Å². The molecule has 0 aliphatic heterocycles. The van der Waals surface area contributed by atoms with E-state index in [0.29, 0.717) is 22.7 Å². The monoisotopic (exact) mass is 298 g/mol. The van der Waals surface area contributed by atoms with E-state index in [1.807, 2.05) is 6.26 Å². The van der Waals surface area contributed by atoms with Crippen molar-refractivity contribution in [2.24, 2.45) is 22.7 Å².